The molecular formula is C14H17NO3S. The van der Waals surface area contributed by atoms with Crippen molar-refractivity contribution in [3.8, 4) is 0 Å². The highest BCUT2D eigenvalue weighted by atomic mass is 32.1. The lowest BCUT2D eigenvalue weighted by Gasteiger charge is -2.11. The summed E-state index contributed by atoms with van der Waals surface area (Å²) in [4.78, 5) is 12.1. The van der Waals surface area contributed by atoms with Crippen LogP contribution in [0.5, 0.6) is 0 Å². The van der Waals surface area contributed by atoms with Crippen LogP contribution in [0.1, 0.15) is 46.6 Å². The van der Waals surface area contributed by atoms with Crippen molar-refractivity contribution in [3.05, 3.63) is 45.5 Å². The molecule has 0 aromatic carbocycles. The van der Waals surface area contributed by atoms with Crippen LogP contribution < -0.4 is 5.32 Å². The standard InChI is InChI=1S/C14H17NO3S/c1-3-10-6-7-19-13(10)8-15-9(2)11-4-5-12(18-11)14(16)17/h4-7,9,15H,3,8H2,1-2H3,(H,16,17). The van der Waals surface area contributed by atoms with Gasteiger partial charge in [0.05, 0.1) is 6.04 Å². The number of hydrogen-bond donors (Lipinski definition) is 2. The second-order valence-electron chi connectivity index (χ2n) is 4.33. The number of hydrogen-bond acceptors (Lipinski definition) is 4. The van der Waals surface area contributed by atoms with Crippen molar-refractivity contribution in [2.45, 2.75) is 32.9 Å². The lowest BCUT2D eigenvalue weighted by molar-refractivity contribution is 0.0659. The molecule has 0 saturated heterocycles. The Hall–Kier alpha value is -1.59. The third kappa shape index (κ3) is 3.24. The maximum atomic E-state index is 10.8. The van der Waals surface area contributed by atoms with Gasteiger partial charge in [0.2, 0.25) is 5.76 Å². The molecule has 4 nitrogen and oxygen atoms in total. The van der Waals surface area contributed by atoms with Gasteiger partial charge in [-0.1, -0.05) is 6.92 Å². The molecule has 2 rings (SSSR count). The van der Waals surface area contributed by atoms with E-state index in [-0.39, 0.29) is 11.8 Å². The summed E-state index contributed by atoms with van der Waals surface area (Å²) < 4.78 is 5.27. The van der Waals surface area contributed by atoms with Crippen molar-refractivity contribution >= 4 is 17.3 Å². The molecular weight excluding hydrogens is 262 g/mol. The van der Waals surface area contributed by atoms with Crippen LogP contribution in [-0.4, -0.2) is 11.1 Å². The van der Waals surface area contributed by atoms with E-state index in [9.17, 15) is 4.79 Å². The second kappa shape index (κ2) is 6.04. The molecule has 0 spiro atoms. The summed E-state index contributed by atoms with van der Waals surface area (Å²) in [5.74, 6) is -0.411. The van der Waals surface area contributed by atoms with Crippen LogP contribution in [-0.2, 0) is 13.0 Å². The van der Waals surface area contributed by atoms with Crippen LogP contribution >= 0.6 is 11.3 Å². The van der Waals surface area contributed by atoms with Crippen molar-refractivity contribution < 1.29 is 14.3 Å². The fourth-order valence-corrected chi connectivity index (χ4v) is 2.81. The number of nitrogens with one attached hydrogen (secondary N) is 1. The van der Waals surface area contributed by atoms with E-state index in [1.807, 2.05) is 6.92 Å². The Morgan fingerprint density at radius 3 is 2.89 bits per heavy atom. The Bertz CT molecular complexity index is 559. The maximum Gasteiger partial charge on any atom is 0.371 e. The second-order valence-corrected chi connectivity index (χ2v) is 5.33. The molecule has 0 aliphatic carbocycles. The van der Waals surface area contributed by atoms with E-state index in [0.717, 1.165) is 13.0 Å². The van der Waals surface area contributed by atoms with Crippen LogP contribution in [0.2, 0.25) is 0 Å². The molecule has 5 heteroatoms. The zero-order chi connectivity index (χ0) is 13.8. The minimum atomic E-state index is -1.04. The van der Waals surface area contributed by atoms with E-state index in [0.29, 0.717) is 5.76 Å². The van der Waals surface area contributed by atoms with Crippen molar-refractivity contribution in [1.82, 2.24) is 5.32 Å². The Kier molecular flexibility index (Phi) is 4.39. The SMILES string of the molecule is CCc1ccsc1CNC(C)c1ccc(C(=O)O)o1. The Morgan fingerprint density at radius 1 is 1.47 bits per heavy atom. The highest BCUT2D eigenvalue weighted by molar-refractivity contribution is 7.10. The van der Waals surface area contributed by atoms with Gasteiger partial charge in [0, 0.05) is 11.4 Å². The third-order valence-corrected chi connectivity index (χ3v) is 4.01. The quantitative estimate of drug-likeness (QED) is 0.850. The summed E-state index contributed by atoms with van der Waals surface area (Å²) in [6.45, 7) is 4.87. The summed E-state index contributed by atoms with van der Waals surface area (Å²) in [5.41, 5.74) is 1.36. The first-order valence-electron chi connectivity index (χ1n) is 6.23. The van der Waals surface area contributed by atoms with Crippen molar-refractivity contribution in [1.29, 1.82) is 0 Å². The highest BCUT2D eigenvalue weighted by Gasteiger charge is 2.14. The molecule has 0 fully saturated rings. The number of aryl methyl sites for hydroxylation is 1. The van der Waals surface area contributed by atoms with E-state index in [2.05, 4.69) is 23.7 Å². The minimum absolute atomic E-state index is 0.0140. The van der Waals surface area contributed by atoms with Crippen molar-refractivity contribution in [2.75, 3.05) is 0 Å². The lowest BCUT2D eigenvalue weighted by Crippen LogP contribution is -2.17. The number of thiophene rings is 1. The summed E-state index contributed by atoms with van der Waals surface area (Å²) in [6.07, 6.45) is 1.03. The Labute approximate surface area is 116 Å². The normalized spacial score (nSPS) is 12.5. The van der Waals surface area contributed by atoms with Gasteiger partial charge in [0.1, 0.15) is 5.76 Å². The molecule has 102 valence electrons. The average Bonchev–Trinajstić information content (AvgIpc) is 3.04. The molecule has 0 aliphatic heterocycles. The molecule has 2 aromatic heterocycles. The van der Waals surface area contributed by atoms with Gasteiger partial charge in [-0.2, -0.15) is 0 Å². The summed E-state index contributed by atoms with van der Waals surface area (Å²) in [5, 5.41) is 14.3. The number of furan rings is 1. The molecule has 1 atom stereocenters. The van der Waals surface area contributed by atoms with Crippen LogP contribution in [0.4, 0.5) is 0 Å². The van der Waals surface area contributed by atoms with Crippen molar-refractivity contribution in [3.63, 3.8) is 0 Å². The first kappa shape index (κ1) is 13.8. The largest absolute Gasteiger partial charge is 0.475 e. The van der Waals surface area contributed by atoms with E-state index in [4.69, 9.17) is 9.52 Å². The number of rotatable bonds is 6. The predicted octanol–water partition coefficient (Wildman–Crippen LogP) is 3.45. The van der Waals surface area contributed by atoms with Gasteiger partial charge in [-0.15, -0.1) is 11.3 Å². The van der Waals surface area contributed by atoms with Crippen molar-refractivity contribution in [2.24, 2.45) is 0 Å². The molecule has 0 amide bonds. The van der Waals surface area contributed by atoms with Crippen LogP contribution in [0.15, 0.2) is 28.0 Å². The van der Waals surface area contributed by atoms with E-state index in [1.165, 1.54) is 16.5 Å². The van der Waals surface area contributed by atoms with Gasteiger partial charge in [-0.05, 0) is 42.5 Å². The van der Waals surface area contributed by atoms with E-state index >= 15 is 0 Å². The van der Waals surface area contributed by atoms with Gasteiger partial charge in [0.15, 0.2) is 0 Å². The number of carboxylic acid groups (broad SMARTS) is 1. The fourth-order valence-electron chi connectivity index (χ4n) is 1.88. The molecule has 2 aromatic rings. The van der Waals surface area contributed by atoms with Gasteiger partial charge >= 0.3 is 5.97 Å². The topological polar surface area (TPSA) is 62.5 Å². The zero-order valence-electron chi connectivity index (χ0n) is 11.0. The first-order valence-corrected chi connectivity index (χ1v) is 7.11. The summed E-state index contributed by atoms with van der Waals surface area (Å²) >= 11 is 1.73. The molecule has 0 saturated carbocycles. The lowest BCUT2D eigenvalue weighted by atomic mass is 10.2. The molecule has 0 radical (unpaired) electrons. The smallest absolute Gasteiger partial charge is 0.371 e. The number of carbonyl (C=O) groups is 1. The first-order chi connectivity index (χ1) is 9.11. The van der Waals surface area contributed by atoms with Crippen LogP contribution in [0, 0.1) is 0 Å². The van der Waals surface area contributed by atoms with E-state index < -0.39 is 5.97 Å². The third-order valence-electron chi connectivity index (χ3n) is 3.05. The average molecular weight is 279 g/mol. The maximum absolute atomic E-state index is 10.8. The van der Waals surface area contributed by atoms with Crippen LogP contribution in [0.3, 0.4) is 0 Å². The molecule has 2 heterocycles. The van der Waals surface area contributed by atoms with Gasteiger partial charge in [-0.3, -0.25) is 0 Å². The Morgan fingerprint density at radius 2 is 2.26 bits per heavy atom. The monoisotopic (exact) mass is 279 g/mol. The number of carboxylic acids is 1. The van der Waals surface area contributed by atoms with Gasteiger partial charge in [-0.25, -0.2) is 4.79 Å². The Balaban J connectivity index is 1.97. The molecule has 1 unspecified atom stereocenters. The van der Waals surface area contributed by atoms with E-state index in [1.54, 1.807) is 17.4 Å². The number of aromatic carboxylic acids is 1. The molecule has 19 heavy (non-hydrogen) atoms. The predicted molar refractivity (Wildman–Crippen MR) is 74.6 cm³/mol. The zero-order valence-corrected chi connectivity index (χ0v) is 11.8. The van der Waals surface area contributed by atoms with Gasteiger partial charge < -0.3 is 14.8 Å². The summed E-state index contributed by atoms with van der Waals surface area (Å²) in [6, 6.07) is 5.32. The molecule has 2 N–H and O–H groups in total. The minimum Gasteiger partial charge on any atom is -0.475 e. The molecule has 0 bridgehead atoms. The van der Waals surface area contributed by atoms with Gasteiger partial charge in [0.25, 0.3) is 0 Å². The summed E-state index contributed by atoms with van der Waals surface area (Å²) in [7, 11) is 0. The highest BCUT2D eigenvalue weighted by Crippen LogP contribution is 2.20. The fraction of sp³-hybridized carbons (Fsp3) is 0.357. The van der Waals surface area contributed by atoms with Crippen LogP contribution in [0.25, 0.3) is 0 Å². The molecule has 0 aliphatic rings.